The van der Waals surface area contributed by atoms with E-state index in [1.165, 1.54) is 55.6 Å². The van der Waals surface area contributed by atoms with Crippen molar-refractivity contribution in [3.8, 4) is 11.5 Å². The van der Waals surface area contributed by atoms with E-state index in [0.717, 1.165) is 16.9 Å². The molecule has 0 spiro atoms. The minimum atomic E-state index is -0.814. The number of carbonyl (C=O) groups excluding carboxylic acids is 4. The highest BCUT2D eigenvalue weighted by molar-refractivity contribution is 6.18. The van der Waals surface area contributed by atoms with Gasteiger partial charge in [-0.15, -0.1) is 11.6 Å². The molecule has 0 aliphatic carbocycles. The Morgan fingerprint density at radius 3 is 1.35 bits per heavy atom. The molecule has 2 aliphatic heterocycles. The van der Waals surface area contributed by atoms with Gasteiger partial charge in [0.05, 0.1) is 28.1 Å². The zero-order valence-corrected chi connectivity index (χ0v) is 47.9. The second-order valence-electron chi connectivity index (χ2n) is 20.5. The van der Waals surface area contributed by atoms with Gasteiger partial charge in [0.2, 0.25) is 12.6 Å². The third-order valence-corrected chi connectivity index (χ3v) is 14.6. The monoisotopic (exact) mass is 1120 g/mol. The zero-order valence-electron chi connectivity index (χ0n) is 47.1. The van der Waals surface area contributed by atoms with E-state index in [1.54, 1.807) is 26.1 Å². The van der Waals surface area contributed by atoms with Crippen LogP contribution in [0.2, 0.25) is 0 Å². The van der Waals surface area contributed by atoms with Crippen LogP contribution < -0.4 is 9.47 Å². The van der Waals surface area contributed by atoms with Crippen LogP contribution in [0.15, 0.2) is 97.1 Å². The van der Waals surface area contributed by atoms with Crippen LogP contribution in [0.25, 0.3) is 0 Å². The minimum absolute atomic E-state index is 0.00000250. The van der Waals surface area contributed by atoms with Gasteiger partial charge in [0.1, 0.15) is 32.2 Å². The Kier molecular flexibility index (Phi) is 25.6. The maximum Gasteiger partial charge on any atom is 0.411 e. The van der Waals surface area contributed by atoms with Crippen molar-refractivity contribution < 1.29 is 67.3 Å². The Labute approximate surface area is 467 Å². The first-order valence-electron chi connectivity index (χ1n) is 26.2. The molecule has 2 amide bonds. The molecule has 0 saturated carbocycles. The fourth-order valence-electron chi connectivity index (χ4n) is 8.84. The summed E-state index contributed by atoms with van der Waals surface area (Å²) in [4.78, 5) is 72.8. The lowest BCUT2D eigenvalue weighted by Crippen LogP contribution is -2.49. The Hall–Kier alpha value is -6.71. The highest BCUT2D eigenvalue weighted by Gasteiger charge is 2.44. The van der Waals surface area contributed by atoms with Crippen molar-refractivity contribution in [2.24, 2.45) is 35.5 Å². The van der Waals surface area contributed by atoms with E-state index in [1.807, 2.05) is 109 Å². The van der Waals surface area contributed by atoms with Gasteiger partial charge in [0.15, 0.2) is 23.1 Å². The summed E-state index contributed by atoms with van der Waals surface area (Å²) in [7, 11) is 3.02. The van der Waals surface area contributed by atoms with Crippen LogP contribution in [0.5, 0.6) is 11.5 Å². The van der Waals surface area contributed by atoms with Gasteiger partial charge < -0.3 is 38.3 Å². The maximum absolute atomic E-state index is 12.4. The predicted molar refractivity (Wildman–Crippen MR) is 295 cm³/mol. The van der Waals surface area contributed by atoms with Gasteiger partial charge in [-0.05, 0) is 98.6 Å². The molecular formula is C58H77ClN4O16. The largest absolute Gasteiger partial charge is 0.457 e. The number of ketones is 2. The highest BCUT2D eigenvalue weighted by Crippen LogP contribution is 2.40. The number of nitro benzene ring substituents is 2. The predicted octanol–water partition coefficient (Wildman–Crippen LogP) is 10.9. The molecule has 12 atom stereocenters. The lowest BCUT2D eigenvalue weighted by Gasteiger charge is -2.42. The quantitative estimate of drug-likeness (QED) is 0.0284. The van der Waals surface area contributed by atoms with E-state index < -0.39 is 46.8 Å². The average Bonchev–Trinajstić information content (AvgIpc) is 3.45. The number of amides is 2. The molecule has 2 saturated heterocycles. The minimum Gasteiger partial charge on any atom is -0.457 e. The van der Waals surface area contributed by atoms with Crippen molar-refractivity contribution >= 4 is 46.7 Å². The Morgan fingerprint density at radius 2 is 0.987 bits per heavy atom. The van der Waals surface area contributed by atoms with Crippen LogP contribution in [0.1, 0.15) is 91.5 Å². The molecule has 4 aromatic carbocycles. The molecule has 4 aromatic rings. The summed E-state index contributed by atoms with van der Waals surface area (Å²) in [6.07, 6.45) is -3.02. The molecule has 0 bridgehead atoms. The molecule has 2 fully saturated rings. The molecule has 21 heteroatoms. The van der Waals surface area contributed by atoms with E-state index in [0.29, 0.717) is 17.5 Å². The van der Waals surface area contributed by atoms with E-state index >= 15 is 0 Å². The number of nitro groups is 2. The van der Waals surface area contributed by atoms with E-state index in [4.69, 9.17) is 49.9 Å². The molecule has 0 aromatic heterocycles. The van der Waals surface area contributed by atoms with Gasteiger partial charge >= 0.3 is 23.6 Å². The molecule has 20 nitrogen and oxygen atoms in total. The molecule has 0 radical (unpaired) electrons. The summed E-state index contributed by atoms with van der Waals surface area (Å²) in [6, 6.07) is 28.5. The molecule has 79 heavy (non-hydrogen) atoms. The highest BCUT2D eigenvalue weighted by atomic mass is 35.5. The van der Waals surface area contributed by atoms with Crippen LogP contribution in [0, 0.1) is 55.7 Å². The molecule has 8 unspecified atom stereocenters. The first kappa shape index (κ1) is 64.8. The third kappa shape index (κ3) is 19.6. The number of carbonyl (C=O) groups is 4. The third-order valence-electron chi connectivity index (χ3n) is 14.2. The van der Waals surface area contributed by atoms with Crippen molar-refractivity contribution in [3.63, 3.8) is 0 Å². The van der Waals surface area contributed by atoms with Crippen molar-refractivity contribution in [3.05, 3.63) is 140 Å². The van der Waals surface area contributed by atoms with Crippen LogP contribution in [-0.4, -0.2) is 112 Å². The molecule has 2 aliphatic rings. The summed E-state index contributed by atoms with van der Waals surface area (Å²) in [5.74, 6) is -0.109. The SMILES string of the molecule is CC(=O)C1OC(Oc2ccc(COC(=O)N(C)CCl)cc2[N+](=O)[O-])[C@@H](C)[C@@H](C)C1C.CC(=O)C1OC(Oc2ccc(COC(=O)N(C)COC(C)Cc3ccccc3)cc2[N+](=O)[O-])[C@@H](C)[C@@H](C)C1C.CC(O)Cc1ccccc1. The number of ether oxygens (including phenoxy) is 7. The smallest absolute Gasteiger partial charge is 0.411 e. The number of nitrogens with zero attached hydrogens (tertiary/aromatic N) is 4. The summed E-state index contributed by atoms with van der Waals surface area (Å²) < 4.78 is 39.7. The second kappa shape index (κ2) is 31.2. The van der Waals surface area contributed by atoms with Gasteiger partial charge in [-0.25, -0.2) is 9.59 Å². The van der Waals surface area contributed by atoms with Gasteiger partial charge in [-0.1, -0.05) is 114 Å². The van der Waals surface area contributed by atoms with Crippen molar-refractivity contribution in [1.29, 1.82) is 0 Å². The average molecular weight is 1120 g/mol. The van der Waals surface area contributed by atoms with Crippen LogP contribution in [0.3, 0.4) is 0 Å². The normalized spacial score (nSPS) is 23.1. The summed E-state index contributed by atoms with van der Waals surface area (Å²) in [5, 5.41) is 32.4. The van der Waals surface area contributed by atoms with Gasteiger partial charge in [-0.2, -0.15) is 0 Å². The number of benzene rings is 4. The first-order chi connectivity index (χ1) is 37.3. The molecule has 6 rings (SSSR count). The number of halogens is 1. The summed E-state index contributed by atoms with van der Waals surface area (Å²) in [5.41, 5.74) is 2.61. The van der Waals surface area contributed by atoms with Gasteiger partial charge in [0, 0.05) is 38.1 Å². The Morgan fingerprint density at radius 1 is 0.595 bits per heavy atom. The lowest BCUT2D eigenvalue weighted by molar-refractivity contribution is -0.386. The van der Waals surface area contributed by atoms with E-state index in [9.17, 15) is 39.4 Å². The van der Waals surface area contributed by atoms with Crippen molar-refractivity contribution in [2.75, 3.05) is 26.8 Å². The zero-order chi connectivity index (χ0) is 58.7. The first-order valence-corrected chi connectivity index (χ1v) is 26.8. The number of hydrogen-bond donors (Lipinski definition) is 1. The molecule has 1 N–H and O–H groups in total. The number of Topliss-reactive ketones (excluding diaryl/α,β-unsaturated/α-hetero) is 2. The number of alkyl halides is 1. The number of hydrogen-bond acceptors (Lipinski definition) is 16. The van der Waals surface area contributed by atoms with Crippen LogP contribution in [-0.2, 0) is 59.3 Å². The van der Waals surface area contributed by atoms with E-state index in [2.05, 4.69) is 0 Å². The van der Waals surface area contributed by atoms with Crippen molar-refractivity contribution in [1.82, 2.24) is 9.80 Å². The molecule has 2 heterocycles. The van der Waals surface area contributed by atoms with Gasteiger partial charge in [-0.3, -0.25) is 39.6 Å². The van der Waals surface area contributed by atoms with E-state index in [-0.39, 0.29) is 108 Å². The molecule has 432 valence electrons. The standard InChI is InChI=1S/C29H38N2O8.C20H27ClN2O7.C9H12O/c1-18(14-23-10-8-7-9-11-23)37-17-30(6)29(33)36-16-24-12-13-26(25(15-24)31(34)35)38-28-21(4)19(2)20(3)27(39-28)22(5)32;1-11-12(2)18(14(4)24)30-19(13(11)3)29-17-7-6-15(8-16(17)23(26)27)9-28-20(25)22(5)10-21;1-8(10)7-9-5-3-2-4-6-9/h7-13,15,18-21,27-28H,14,16-17H2,1-6H3;6-8,11-13,18-19H,9-10H2,1-5H3;2-6,8,10H,7H2,1H3/t18?,19-,20?,21-,27?,28?;11-,12?,13-,18?,19?;/m00./s1. The second-order valence-corrected chi connectivity index (χ2v) is 20.8. The maximum atomic E-state index is 12.4. The number of rotatable bonds is 20. The van der Waals surface area contributed by atoms with Crippen molar-refractivity contribution in [2.45, 2.75) is 132 Å². The number of aliphatic hydroxyl groups is 1. The number of aliphatic hydroxyl groups excluding tert-OH is 1. The molecular weight excluding hydrogens is 1040 g/mol. The fourth-order valence-corrected chi connectivity index (χ4v) is 8.94. The summed E-state index contributed by atoms with van der Waals surface area (Å²) >= 11 is 5.56. The fraction of sp³-hybridized carbons (Fsp3) is 0.517. The topological polar surface area (TPSA) is 246 Å². The lowest BCUT2D eigenvalue weighted by atomic mass is 9.78. The van der Waals surface area contributed by atoms with Crippen LogP contribution in [0.4, 0.5) is 21.0 Å². The Bertz CT molecular complexity index is 2630. The van der Waals surface area contributed by atoms with Gasteiger partial charge in [0.25, 0.3) is 0 Å². The summed E-state index contributed by atoms with van der Waals surface area (Å²) in [6.45, 7) is 18.2. The van der Waals surface area contributed by atoms with Crippen LogP contribution >= 0.6 is 11.6 Å². The Balaban J connectivity index is 0.000000296.